The summed E-state index contributed by atoms with van der Waals surface area (Å²) in [4.78, 5) is 1.22. The molecule has 0 heterocycles. The first-order valence-corrected chi connectivity index (χ1v) is 5.95. The van der Waals surface area contributed by atoms with Gasteiger partial charge < -0.3 is 9.84 Å². The lowest BCUT2D eigenvalue weighted by Gasteiger charge is -2.12. The van der Waals surface area contributed by atoms with Crippen LogP contribution in [0.15, 0.2) is 23.1 Å². The van der Waals surface area contributed by atoms with Gasteiger partial charge in [-0.05, 0) is 43.5 Å². The minimum Gasteiger partial charge on any atom is -0.496 e. The van der Waals surface area contributed by atoms with E-state index in [1.807, 2.05) is 13.0 Å². The van der Waals surface area contributed by atoms with E-state index < -0.39 is 0 Å². The Morgan fingerprint density at radius 2 is 2.20 bits per heavy atom. The first kappa shape index (κ1) is 10.8. The first-order chi connectivity index (χ1) is 7.19. The van der Waals surface area contributed by atoms with Crippen molar-refractivity contribution in [3.8, 4) is 5.75 Å². The molecule has 0 saturated heterocycles. The first-order valence-electron chi connectivity index (χ1n) is 5.14. The highest BCUT2D eigenvalue weighted by Gasteiger charge is 2.43. The monoisotopic (exact) mass is 224 g/mol. The number of hydrogen-bond acceptors (Lipinski definition) is 3. The predicted octanol–water partition coefficient (Wildman–Crippen LogP) is 2.62. The van der Waals surface area contributed by atoms with Gasteiger partial charge in [0.2, 0.25) is 0 Å². The van der Waals surface area contributed by atoms with Crippen LogP contribution in [0.2, 0.25) is 0 Å². The van der Waals surface area contributed by atoms with Gasteiger partial charge in [0.05, 0.1) is 13.7 Å². The van der Waals surface area contributed by atoms with Gasteiger partial charge in [0, 0.05) is 9.64 Å². The second kappa shape index (κ2) is 4.06. The number of aliphatic hydroxyl groups is 1. The van der Waals surface area contributed by atoms with Crippen molar-refractivity contribution < 1.29 is 9.84 Å². The molecule has 3 heteroatoms. The van der Waals surface area contributed by atoms with Crippen LogP contribution in [0.1, 0.15) is 18.4 Å². The summed E-state index contributed by atoms with van der Waals surface area (Å²) in [6, 6.07) is 6.18. The van der Waals surface area contributed by atoms with Crippen molar-refractivity contribution in [1.82, 2.24) is 0 Å². The number of aliphatic hydroxyl groups excluding tert-OH is 1. The Morgan fingerprint density at radius 1 is 1.47 bits per heavy atom. The maximum absolute atomic E-state index is 9.24. The van der Waals surface area contributed by atoms with Gasteiger partial charge in [0.25, 0.3) is 0 Å². The standard InChI is InChI=1S/C12H16O2S/c1-9-7-10(3-4-11(9)14-2)15-12(8-13)5-6-12/h3-4,7,13H,5-6,8H2,1-2H3. The Balaban J connectivity index is 2.13. The van der Waals surface area contributed by atoms with Crippen LogP contribution < -0.4 is 4.74 Å². The van der Waals surface area contributed by atoms with Crippen LogP contribution in [0, 0.1) is 6.92 Å². The lowest BCUT2D eigenvalue weighted by molar-refractivity contribution is 0.289. The van der Waals surface area contributed by atoms with Crippen LogP contribution in [-0.2, 0) is 0 Å². The fraction of sp³-hybridized carbons (Fsp3) is 0.500. The van der Waals surface area contributed by atoms with Crippen LogP contribution in [0.5, 0.6) is 5.75 Å². The lowest BCUT2D eigenvalue weighted by atomic mass is 10.2. The van der Waals surface area contributed by atoms with E-state index in [0.717, 1.165) is 24.2 Å². The summed E-state index contributed by atoms with van der Waals surface area (Å²) in [5.74, 6) is 0.924. The average Bonchev–Trinajstić information content (AvgIpc) is 2.99. The predicted molar refractivity (Wildman–Crippen MR) is 62.6 cm³/mol. The third-order valence-electron chi connectivity index (χ3n) is 2.80. The molecule has 1 aromatic carbocycles. The largest absolute Gasteiger partial charge is 0.496 e. The van der Waals surface area contributed by atoms with Crippen LogP contribution in [-0.4, -0.2) is 23.6 Å². The second-order valence-electron chi connectivity index (χ2n) is 4.07. The Bertz CT molecular complexity index is 359. The molecule has 1 aromatic rings. The molecule has 0 unspecified atom stereocenters. The highest BCUT2D eigenvalue weighted by Crippen LogP contribution is 2.51. The van der Waals surface area contributed by atoms with Crippen LogP contribution in [0.25, 0.3) is 0 Å². The zero-order valence-corrected chi connectivity index (χ0v) is 9.93. The molecule has 0 spiro atoms. The molecule has 0 atom stereocenters. The number of methoxy groups -OCH3 is 1. The van der Waals surface area contributed by atoms with Crippen LogP contribution >= 0.6 is 11.8 Å². The molecule has 0 bridgehead atoms. The van der Waals surface area contributed by atoms with Gasteiger partial charge in [0.15, 0.2) is 0 Å². The number of rotatable bonds is 4. The summed E-state index contributed by atoms with van der Waals surface area (Å²) in [6.07, 6.45) is 2.25. The second-order valence-corrected chi connectivity index (χ2v) is 5.62. The van der Waals surface area contributed by atoms with Gasteiger partial charge in [-0.25, -0.2) is 0 Å². The van der Waals surface area contributed by atoms with Gasteiger partial charge >= 0.3 is 0 Å². The van der Waals surface area contributed by atoms with Crippen molar-refractivity contribution >= 4 is 11.8 Å². The van der Waals surface area contributed by atoms with Crippen molar-refractivity contribution in [1.29, 1.82) is 0 Å². The quantitative estimate of drug-likeness (QED) is 0.852. The van der Waals surface area contributed by atoms with Crippen LogP contribution in [0.4, 0.5) is 0 Å². The van der Waals surface area contributed by atoms with E-state index in [2.05, 4.69) is 12.1 Å². The summed E-state index contributed by atoms with van der Waals surface area (Å²) < 4.78 is 5.33. The van der Waals surface area contributed by atoms with E-state index in [1.165, 1.54) is 4.90 Å². The molecular weight excluding hydrogens is 208 g/mol. The maximum Gasteiger partial charge on any atom is 0.121 e. The van der Waals surface area contributed by atoms with Crippen molar-refractivity contribution in [2.45, 2.75) is 29.4 Å². The maximum atomic E-state index is 9.24. The lowest BCUT2D eigenvalue weighted by Crippen LogP contribution is -2.08. The van der Waals surface area contributed by atoms with Gasteiger partial charge in [-0.1, -0.05) is 0 Å². The SMILES string of the molecule is COc1ccc(SC2(CO)CC2)cc1C. The fourth-order valence-corrected chi connectivity index (χ4v) is 2.84. The number of thioether (sulfide) groups is 1. The van der Waals surface area contributed by atoms with Crippen molar-refractivity contribution in [2.24, 2.45) is 0 Å². The molecule has 1 aliphatic carbocycles. The summed E-state index contributed by atoms with van der Waals surface area (Å²) in [5.41, 5.74) is 1.15. The summed E-state index contributed by atoms with van der Waals surface area (Å²) in [5, 5.41) is 9.24. The van der Waals surface area contributed by atoms with E-state index in [0.29, 0.717) is 0 Å². The molecule has 1 fully saturated rings. The van der Waals surface area contributed by atoms with Crippen molar-refractivity contribution in [3.63, 3.8) is 0 Å². The fourth-order valence-electron chi connectivity index (χ4n) is 1.60. The number of aryl methyl sites for hydroxylation is 1. The highest BCUT2D eigenvalue weighted by atomic mass is 32.2. The highest BCUT2D eigenvalue weighted by molar-refractivity contribution is 8.01. The molecule has 82 valence electrons. The molecule has 0 aliphatic heterocycles. The Morgan fingerprint density at radius 3 is 2.67 bits per heavy atom. The van der Waals surface area contributed by atoms with Crippen molar-refractivity contribution in [2.75, 3.05) is 13.7 Å². The Hall–Kier alpha value is -0.670. The van der Waals surface area contributed by atoms with E-state index in [-0.39, 0.29) is 11.4 Å². The van der Waals surface area contributed by atoms with Gasteiger partial charge in [-0.15, -0.1) is 11.8 Å². The minimum atomic E-state index is 0.112. The summed E-state index contributed by atoms with van der Waals surface area (Å²) in [7, 11) is 1.69. The molecule has 0 radical (unpaired) electrons. The molecule has 1 N–H and O–H groups in total. The Kier molecular flexibility index (Phi) is 2.94. The minimum absolute atomic E-state index is 0.112. The molecule has 1 saturated carbocycles. The zero-order valence-electron chi connectivity index (χ0n) is 9.12. The Labute approximate surface area is 94.6 Å². The number of benzene rings is 1. The van der Waals surface area contributed by atoms with E-state index in [1.54, 1.807) is 18.9 Å². The molecule has 0 aromatic heterocycles. The summed E-state index contributed by atoms with van der Waals surface area (Å²) in [6.45, 7) is 2.32. The topological polar surface area (TPSA) is 29.5 Å². The normalized spacial score (nSPS) is 17.5. The molecule has 2 nitrogen and oxygen atoms in total. The van der Waals surface area contributed by atoms with Crippen molar-refractivity contribution in [3.05, 3.63) is 23.8 Å². The third kappa shape index (κ3) is 2.29. The third-order valence-corrected chi connectivity index (χ3v) is 4.26. The van der Waals surface area contributed by atoms with Crippen LogP contribution in [0.3, 0.4) is 0 Å². The van der Waals surface area contributed by atoms with Gasteiger partial charge in [-0.2, -0.15) is 0 Å². The smallest absolute Gasteiger partial charge is 0.121 e. The van der Waals surface area contributed by atoms with E-state index in [9.17, 15) is 5.11 Å². The molecule has 2 rings (SSSR count). The molecule has 0 amide bonds. The molecule has 1 aliphatic rings. The number of hydrogen-bond donors (Lipinski definition) is 1. The average molecular weight is 224 g/mol. The van der Waals surface area contributed by atoms with Gasteiger partial charge in [-0.3, -0.25) is 0 Å². The van der Waals surface area contributed by atoms with E-state index in [4.69, 9.17) is 4.74 Å². The zero-order chi connectivity index (χ0) is 10.9. The number of ether oxygens (including phenoxy) is 1. The summed E-state index contributed by atoms with van der Waals surface area (Å²) >= 11 is 1.78. The molecule has 15 heavy (non-hydrogen) atoms. The van der Waals surface area contributed by atoms with Gasteiger partial charge in [0.1, 0.15) is 5.75 Å². The molecular formula is C12H16O2S. The van der Waals surface area contributed by atoms with E-state index >= 15 is 0 Å².